The van der Waals surface area contributed by atoms with E-state index in [9.17, 15) is 19.8 Å². The molecule has 0 aromatic carbocycles. The summed E-state index contributed by atoms with van der Waals surface area (Å²) in [6.07, 6.45) is 67.8. The Morgan fingerprint density at radius 2 is 0.831 bits per heavy atom. The van der Waals surface area contributed by atoms with Crippen LogP contribution in [-0.4, -0.2) is 46.9 Å². The van der Waals surface area contributed by atoms with Crippen molar-refractivity contribution in [1.29, 1.82) is 0 Å². The topological polar surface area (TPSA) is 95.9 Å². The van der Waals surface area contributed by atoms with Crippen molar-refractivity contribution < 1.29 is 24.5 Å². The van der Waals surface area contributed by atoms with Crippen LogP contribution in [0, 0.1) is 0 Å². The number of carbonyl (C=O) groups is 2. The highest BCUT2D eigenvalue weighted by Gasteiger charge is 2.24. The second-order valence-corrected chi connectivity index (χ2v) is 18.2. The van der Waals surface area contributed by atoms with Crippen LogP contribution < -0.4 is 5.32 Å². The number of rotatable bonds is 48. The number of amides is 1. The molecule has 0 radical (unpaired) electrons. The van der Waals surface area contributed by atoms with E-state index in [1.54, 1.807) is 0 Å². The van der Waals surface area contributed by atoms with Crippen LogP contribution in [0.25, 0.3) is 0 Å². The first-order valence-electron chi connectivity index (χ1n) is 27.3. The summed E-state index contributed by atoms with van der Waals surface area (Å²) in [6, 6.07) is -0.720. The molecule has 0 fully saturated rings. The van der Waals surface area contributed by atoms with Gasteiger partial charge in [0.25, 0.3) is 0 Å². The smallest absolute Gasteiger partial charge is 0.306 e. The lowest BCUT2D eigenvalue weighted by Gasteiger charge is -2.24. The van der Waals surface area contributed by atoms with Crippen molar-refractivity contribution in [3.05, 3.63) is 85.1 Å². The van der Waals surface area contributed by atoms with Gasteiger partial charge in [-0.05, 0) is 103 Å². The number of unbranched alkanes of at least 4 members (excludes halogenated alkanes) is 22. The summed E-state index contributed by atoms with van der Waals surface area (Å²) in [5.41, 5.74) is 0. The minimum atomic E-state index is -0.804. The maximum atomic E-state index is 13.2. The maximum Gasteiger partial charge on any atom is 0.306 e. The minimum absolute atomic E-state index is 0.0461. The van der Waals surface area contributed by atoms with Crippen LogP contribution >= 0.6 is 0 Å². The molecule has 0 saturated heterocycles. The van der Waals surface area contributed by atoms with Crippen molar-refractivity contribution in [3.63, 3.8) is 0 Å². The molecule has 0 aromatic heterocycles. The Morgan fingerprint density at radius 3 is 1.29 bits per heavy atom. The van der Waals surface area contributed by atoms with Gasteiger partial charge >= 0.3 is 5.97 Å². The van der Waals surface area contributed by atoms with Gasteiger partial charge in [-0.15, -0.1) is 0 Å². The van der Waals surface area contributed by atoms with E-state index < -0.39 is 18.2 Å². The molecule has 0 spiro atoms. The van der Waals surface area contributed by atoms with E-state index in [0.717, 1.165) is 116 Å². The van der Waals surface area contributed by atoms with Gasteiger partial charge in [-0.25, -0.2) is 0 Å². The minimum Gasteiger partial charge on any atom is -0.462 e. The van der Waals surface area contributed by atoms with Crippen molar-refractivity contribution in [1.82, 2.24) is 5.32 Å². The number of carbonyl (C=O) groups excluding carboxylic acids is 2. The number of aliphatic hydroxyl groups excluding tert-OH is 2. The molecule has 0 rings (SSSR count). The fourth-order valence-electron chi connectivity index (χ4n) is 7.84. The highest BCUT2D eigenvalue weighted by Crippen LogP contribution is 2.17. The molecule has 0 bridgehead atoms. The quantitative estimate of drug-likeness (QED) is 0.0321. The van der Waals surface area contributed by atoms with E-state index in [-0.39, 0.29) is 24.9 Å². The molecule has 3 N–H and O–H groups in total. The van der Waals surface area contributed by atoms with Crippen LogP contribution in [0.5, 0.6) is 0 Å². The zero-order valence-electron chi connectivity index (χ0n) is 42.6. The third kappa shape index (κ3) is 47.3. The van der Waals surface area contributed by atoms with Gasteiger partial charge in [0.15, 0.2) is 0 Å². The molecule has 0 aromatic rings. The van der Waals surface area contributed by atoms with Gasteiger partial charge in [0.2, 0.25) is 5.91 Å². The van der Waals surface area contributed by atoms with E-state index in [4.69, 9.17) is 4.74 Å². The number of nitrogens with one attached hydrogen (secondary N) is 1. The number of esters is 1. The fourth-order valence-corrected chi connectivity index (χ4v) is 7.84. The molecule has 0 heterocycles. The molecule has 374 valence electrons. The summed E-state index contributed by atoms with van der Waals surface area (Å²) in [5.74, 6) is -0.534. The maximum absolute atomic E-state index is 13.2. The van der Waals surface area contributed by atoms with E-state index in [1.807, 2.05) is 0 Å². The zero-order chi connectivity index (χ0) is 47.4. The van der Waals surface area contributed by atoms with Crippen LogP contribution in [0.2, 0.25) is 0 Å². The molecule has 6 nitrogen and oxygen atoms in total. The predicted molar refractivity (Wildman–Crippen MR) is 282 cm³/mol. The lowest BCUT2D eigenvalue weighted by Crippen LogP contribution is -2.46. The van der Waals surface area contributed by atoms with Gasteiger partial charge in [0, 0.05) is 6.42 Å². The largest absolute Gasteiger partial charge is 0.462 e. The Bertz CT molecular complexity index is 1250. The molecular weight excluding hydrogens is 803 g/mol. The lowest BCUT2D eigenvalue weighted by atomic mass is 10.0. The van der Waals surface area contributed by atoms with E-state index >= 15 is 0 Å². The van der Waals surface area contributed by atoms with Crippen molar-refractivity contribution in [3.8, 4) is 0 Å². The van der Waals surface area contributed by atoms with E-state index in [0.29, 0.717) is 19.3 Å². The highest BCUT2D eigenvalue weighted by atomic mass is 16.5. The van der Waals surface area contributed by atoms with Gasteiger partial charge in [0.1, 0.15) is 6.10 Å². The van der Waals surface area contributed by atoms with Crippen LogP contribution in [0.3, 0.4) is 0 Å². The zero-order valence-corrected chi connectivity index (χ0v) is 42.6. The third-order valence-electron chi connectivity index (χ3n) is 12.0. The van der Waals surface area contributed by atoms with Crippen LogP contribution in [0.15, 0.2) is 85.1 Å². The summed E-state index contributed by atoms with van der Waals surface area (Å²) >= 11 is 0. The van der Waals surface area contributed by atoms with Gasteiger partial charge in [-0.2, -0.15) is 0 Å². The molecule has 0 aliphatic heterocycles. The Balaban J connectivity index is 4.70. The third-order valence-corrected chi connectivity index (χ3v) is 12.0. The van der Waals surface area contributed by atoms with Crippen LogP contribution in [0.1, 0.15) is 252 Å². The molecule has 1 amide bonds. The van der Waals surface area contributed by atoms with Gasteiger partial charge in [-0.3, -0.25) is 9.59 Å². The summed E-state index contributed by atoms with van der Waals surface area (Å²) in [6.45, 7) is 6.33. The molecule has 65 heavy (non-hydrogen) atoms. The van der Waals surface area contributed by atoms with Gasteiger partial charge in [-0.1, -0.05) is 221 Å². The molecule has 0 aliphatic rings. The second-order valence-electron chi connectivity index (χ2n) is 18.2. The van der Waals surface area contributed by atoms with Crippen molar-refractivity contribution in [2.75, 3.05) is 6.61 Å². The summed E-state index contributed by atoms with van der Waals surface area (Å²) in [5, 5.41) is 23.8. The molecule has 0 saturated carbocycles. The highest BCUT2D eigenvalue weighted by molar-refractivity contribution is 5.77. The molecule has 3 atom stereocenters. The normalized spacial score (nSPS) is 13.9. The monoisotopic (exact) mass is 906 g/mol. The predicted octanol–water partition coefficient (Wildman–Crippen LogP) is 16.7. The number of hydrogen-bond acceptors (Lipinski definition) is 5. The van der Waals surface area contributed by atoms with E-state index in [1.165, 1.54) is 89.9 Å². The van der Waals surface area contributed by atoms with Crippen molar-refractivity contribution in [2.24, 2.45) is 0 Å². The number of aliphatic hydroxyl groups is 2. The average Bonchev–Trinajstić information content (AvgIpc) is 3.30. The van der Waals surface area contributed by atoms with Crippen molar-refractivity contribution >= 4 is 11.9 Å². The summed E-state index contributed by atoms with van der Waals surface area (Å²) in [4.78, 5) is 26.2. The SMILES string of the molecule is CC/C=C/C/C=C/C/C=C/C/C=C/CCCCCC(=O)OC(CCCCCC/C=C\C/C=C\C/C=C\CCCCC)CC(=O)NC(CO)C(O)CCCCCCCCCCCCCCC. The fraction of sp³-hybridized carbons (Fsp3) is 0.729. The molecule has 6 heteroatoms. The number of allylic oxidation sites excluding steroid dienone is 14. The molecule has 3 unspecified atom stereocenters. The molecular formula is C59H103NO5. The van der Waals surface area contributed by atoms with Crippen molar-refractivity contribution in [2.45, 2.75) is 270 Å². The Morgan fingerprint density at radius 1 is 0.462 bits per heavy atom. The summed E-state index contributed by atoms with van der Waals surface area (Å²) < 4.78 is 5.93. The first-order chi connectivity index (χ1) is 32.0. The average molecular weight is 906 g/mol. The van der Waals surface area contributed by atoms with Gasteiger partial charge in [0.05, 0.1) is 25.2 Å². The van der Waals surface area contributed by atoms with E-state index in [2.05, 4.69) is 111 Å². The summed E-state index contributed by atoms with van der Waals surface area (Å²) in [7, 11) is 0. The number of ether oxygens (including phenoxy) is 1. The molecule has 0 aliphatic carbocycles. The number of hydrogen-bond donors (Lipinski definition) is 3. The lowest BCUT2D eigenvalue weighted by molar-refractivity contribution is -0.151. The van der Waals surface area contributed by atoms with Crippen LogP contribution in [-0.2, 0) is 14.3 Å². The second kappa shape index (κ2) is 52.0. The first kappa shape index (κ1) is 62.0. The first-order valence-corrected chi connectivity index (χ1v) is 27.3. The Kier molecular flexibility index (Phi) is 49.6. The Labute approximate surface area is 402 Å². The Hall–Kier alpha value is -2.96. The van der Waals surface area contributed by atoms with Crippen LogP contribution in [0.4, 0.5) is 0 Å². The standard InChI is InChI=1S/C59H103NO5/c1-4-7-10-13-16-19-22-25-27-29-30-33-35-38-41-44-47-50-55(65-59(64)52-49-46-43-40-37-34-31-28-26-23-20-17-14-11-8-5-2)53-58(63)60-56(54-61)57(62)51-48-45-42-39-36-32-24-21-18-15-12-9-6-3/h8,11,16-17,19-20,25-28,30,33-34,37,55-57,61-62H,4-7,9-10,12-15,18,21-24,29,31-32,35-36,38-54H2,1-3H3,(H,60,63)/b11-8+,19-16-,20-17+,27-25-,28-26+,33-30-,37-34+. The van der Waals surface area contributed by atoms with Gasteiger partial charge < -0.3 is 20.3 Å².